The van der Waals surface area contributed by atoms with E-state index >= 15 is 0 Å². The summed E-state index contributed by atoms with van der Waals surface area (Å²) in [5, 5.41) is 8.98. The molecule has 0 bridgehead atoms. The van der Waals surface area contributed by atoms with Crippen LogP contribution in [0.25, 0.3) is 0 Å². The number of rotatable bonds is 4. The van der Waals surface area contributed by atoms with Crippen LogP contribution in [0.15, 0.2) is 0 Å². The number of nitrogens with zero attached hydrogens (tertiary/aromatic N) is 1. The number of hydrogen-bond donors (Lipinski definition) is 1. The van der Waals surface area contributed by atoms with E-state index in [0.717, 1.165) is 45.4 Å². The van der Waals surface area contributed by atoms with Crippen molar-refractivity contribution in [2.75, 3.05) is 26.8 Å². The molecule has 5 nitrogen and oxygen atoms in total. The minimum absolute atomic E-state index is 0.0459. The van der Waals surface area contributed by atoms with Crippen molar-refractivity contribution in [1.82, 2.24) is 4.90 Å². The van der Waals surface area contributed by atoms with Crippen molar-refractivity contribution in [3.8, 4) is 0 Å². The van der Waals surface area contributed by atoms with Crippen LogP contribution in [0, 0.1) is 17.8 Å². The van der Waals surface area contributed by atoms with Crippen LogP contribution in [0.5, 0.6) is 0 Å². The molecule has 1 aliphatic heterocycles. The number of piperidine rings is 1. The van der Waals surface area contributed by atoms with Gasteiger partial charge in [-0.25, -0.2) is 0 Å². The number of carbonyl (C=O) groups excluding carboxylic acids is 1. The minimum atomic E-state index is -0.712. The molecule has 2 aliphatic rings. The predicted molar refractivity (Wildman–Crippen MR) is 74.3 cm³/mol. The van der Waals surface area contributed by atoms with E-state index in [1.54, 1.807) is 7.11 Å². The van der Waals surface area contributed by atoms with E-state index in [9.17, 15) is 9.59 Å². The Hall–Kier alpha value is -1.10. The summed E-state index contributed by atoms with van der Waals surface area (Å²) in [5.41, 5.74) is 0. The molecule has 0 aromatic rings. The van der Waals surface area contributed by atoms with Gasteiger partial charge in [0.05, 0.1) is 5.92 Å². The highest BCUT2D eigenvalue weighted by Gasteiger charge is 2.33. The van der Waals surface area contributed by atoms with Crippen molar-refractivity contribution in [2.24, 2.45) is 17.8 Å². The van der Waals surface area contributed by atoms with Gasteiger partial charge >= 0.3 is 5.97 Å². The molecule has 1 N–H and O–H groups in total. The summed E-state index contributed by atoms with van der Waals surface area (Å²) < 4.78 is 5.17. The highest BCUT2D eigenvalue weighted by atomic mass is 16.5. The average molecular weight is 283 g/mol. The number of hydrogen-bond acceptors (Lipinski definition) is 3. The van der Waals surface area contributed by atoms with Crippen LogP contribution in [0.4, 0.5) is 0 Å². The van der Waals surface area contributed by atoms with E-state index in [4.69, 9.17) is 9.84 Å². The molecular weight excluding hydrogens is 258 g/mol. The fourth-order valence-electron chi connectivity index (χ4n) is 3.40. The number of amides is 1. The molecule has 1 amide bonds. The molecule has 114 valence electrons. The molecule has 2 rings (SSSR count). The molecule has 1 aliphatic carbocycles. The highest BCUT2D eigenvalue weighted by Crippen LogP contribution is 2.31. The number of carbonyl (C=O) groups is 2. The zero-order valence-corrected chi connectivity index (χ0v) is 12.2. The van der Waals surface area contributed by atoms with Gasteiger partial charge in [0.1, 0.15) is 0 Å². The van der Waals surface area contributed by atoms with Crippen molar-refractivity contribution in [3.05, 3.63) is 0 Å². The summed E-state index contributed by atoms with van der Waals surface area (Å²) >= 11 is 0. The van der Waals surface area contributed by atoms with Crippen LogP contribution in [0.3, 0.4) is 0 Å². The molecule has 1 saturated heterocycles. The van der Waals surface area contributed by atoms with E-state index in [1.807, 2.05) is 4.90 Å². The Labute approximate surface area is 120 Å². The third kappa shape index (κ3) is 3.72. The van der Waals surface area contributed by atoms with Crippen LogP contribution in [0.2, 0.25) is 0 Å². The first-order valence-electron chi connectivity index (χ1n) is 7.62. The largest absolute Gasteiger partial charge is 0.481 e. The highest BCUT2D eigenvalue weighted by molar-refractivity contribution is 5.79. The van der Waals surface area contributed by atoms with Gasteiger partial charge < -0.3 is 14.7 Å². The normalized spacial score (nSPS) is 28.4. The molecule has 0 unspecified atom stereocenters. The molecule has 1 saturated carbocycles. The lowest BCUT2D eigenvalue weighted by Gasteiger charge is -2.35. The third-order valence-electron chi connectivity index (χ3n) is 4.75. The van der Waals surface area contributed by atoms with Gasteiger partial charge in [0, 0.05) is 32.7 Å². The van der Waals surface area contributed by atoms with E-state index in [0.29, 0.717) is 18.8 Å². The smallest absolute Gasteiger partial charge is 0.306 e. The molecule has 2 fully saturated rings. The van der Waals surface area contributed by atoms with Gasteiger partial charge in [-0.3, -0.25) is 9.59 Å². The van der Waals surface area contributed by atoms with Crippen molar-refractivity contribution in [2.45, 2.75) is 38.5 Å². The Morgan fingerprint density at radius 1 is 1.05 bits per heavy atom. The van der Waals surface area contributed by atoms with E-state index in [2.05, 4.69) is 0 Å². The standard InChI is InChI=1S/C15H25NO4/c1-20-10-11-6-8-16(9-7-11)14(17)12-2-4-13(5-3-12)15(18)19/h11-13H,2-10H2,1H3,(H,18,19). The van der Waals surface area contributed by atoms with Gasteiger partial charge in [0.25, 0.3) is 0 Å². The molecule has 0 spiro atoms. The first-order chi connectivity index (χ1) is 9.61. The Morgan fingerprint density at radius 3 is 2.10 bits per heavy atom. The second kappa shape index (κ2) is 7.07. The second-order valence-corrected chi connectivity index (χ2v) is 6.11. The summed E-state index contributed by atoms with van der Waals surface area (Å²) in [5.74, 6) is -0.0937. The maximum atomic E-state index is 12.4. The Kier molecular flexibility index (Phi) is 5.40. The third-order valence-corrected chi connectivity index (χ3v) is 4.75. The van der Waals surface area contributed by atoms with Crippen LogP contribution in [0.1, 0.15) is 38.5 Å². The van der Waals surface area contributed by atoms with Crippen LogP contribution < -0.4 is 0 Å². The Morgan fingerprint density at radius 2 is 1.60 bits per heavy atom. The first-order valence-corrected chi connectivity index (χ1v) is 7.62. The Balaban J connectivity index is 1.77. The number of likely N-dealkylation sites (tertiary alicyclic amines) is 1. The molecule has 0 aromatic carbocycles. The summed E-state index contributed by atoms with van der Waals surface area (Å²) in [4.78, 5) is 25.3. The van der Waals surface area contributed by atoms with Crippen molar-refractivity contribution >= 4 is 11.9 Å². The zero-order chi connectivity index (χ0) is 14.5. The van der Waals surface area contributed by atoms with Gasteiger partial charge in [0.2, 0.25) is 5.91 Å². The second-order valence-electron chi connectivity index (χ2n) is 6.11. The molecule has 0 atom stereocenters. The van der Waals surface area contributed by atoms with Crippen molar-refractivity contribution in [3.63, 3.8) is 0 Å². The van der Waals surface area contributed by atoms with Crippen molar-refractivity contribution < 1.29 is 19.4 Å². The molecular formula is C15H25NO4. The number of ether oxygens (including phenoxy) is 1. The molecule has 20 heavy (non-hydrogen) atoms. The molecule has 0 radical (unpaired) electrons. The van der Waals surface area contributed by atoms with Gasteiger partial charge in [-0.05, 0) is 44.4 Å². The fourth-order valence-corrected chi connectivity index (χ4v) is 3.40. The van der Waals surface area contributed by atoms with Crippen LogP contribution in [-0.2, 0) is 14.3 Å². The first kappa shape index (κ1) is 15.3. The molecule has 5 heteroatoms. The maximum Gasteiger partial charge on any atom is 0.306 e. The summed E-state index contributed by atoms with van der Waals surface area (Å²) in [6, 6.07) is 0. The summed E-state index contributed by atoms with van der Waals surface area (Å²) in [7, 11) is 1.72. The van der Waals surface area contributed by atoms with Crippen LogP contribution >= 0.6 is 0 Å². The van der Waals surface area contributed by atoms with Crippen LogP contribution in [-0.4, -0.2) is 48.7 Å². The lowest BCUT2D eigenvalue weighted by atomic mass is 9.81. The van der Waals surface area contributed by atoms with E-state index < -0.39 is 5.97 Å². The average Bonchev–Trinajstić information content (AvgIpc) is 2.48. The minimum Gasteiger partial charge on any atom is -0.481 e. The Bertz CT molecular complexity index is 342. The number of aliphatic carboxylic acids is 1. The quantitative estimate of drug-likeness (QED) is 0.853. The lowest BCUT2D eigenvalue weighted by molar-refractivity contribution is -0.146. The number of methoxy groups -OCH3 is 1. The van der Waals surface area contributed by atoms with E-state index in [-0.39, 0.29) is 17.7 Å². The number of carboxylic acids is 1. The van der Waals surface area contributed by atoms with E-state index in [1.165, 1.54) is 0 Å². The van der Waals surface area contributed by atoms with Gasteiger partial charge in [-0.2, -0.15) is 0 Å². The summed E-state index contributed by atoms with van der Waals surface area (Å²) in [6.45, 7) is 2.43. The van der Waals surface area contributed by atoms with Gasteiger partial charge in [0.15, 0.2) is 0 Å². The zero-order valence-electron chi connectivity index (χ0n) is 12.2. The topological polar surface area (TPSA) is 66.8 Å². The molecule has 1 heterocycles. The van der Waals surface area contributed by atoms with Gasteiger partial charge in [-0.15, -0.1) is 0 Å². The number of carboxylic acid groups (broad SMARTS) is 1. The lowest BCUT2D eigenvalue weighted by Crippen LogP contribution is -2.43. The van der Waals surface area contributed by atoms with Gasteiger partial charge in [-0.1, -0.05) is 0 Å². The maximum absolute atomic E-state index is 12.4. The fraction of sp³-hybridized carbons (Fsp3) is 0.867. The molecule has 0 aromatic heterocycles. The predicted octanol–water partition coefficient (Wildman–Crippen LogP) is 1.76. The SMILES string of the molecule is COCC1CCN(C(=O)C2CCC(C(=O)O)CC2)CC1. The summed E-state index contributed by atoms with van der Waals surface area (Å²) in [6.07, 6.45) is 4.79. The monoisotopic (exact) mass is 283 g/mol. The van der Waals surface area contributed by atoms with Crippen molar-refractivity contribution in [1.29, 1.82) is 0 Å².